The predicted molar refractivity (Wildman–Crippen MR) is 49.7 cm³/mol. The van der Waals surface area contributed by atoms with Gasteiger partial charge in [-0.15, -0.1) is 0 Å². The van der Waals surface area contributed by atoms with Gasteiger partial charge in [0.05, 0.1) is 6.61 Å². The van der Waals surface area contributed by atoms with Crippen molar-refractivity contribution < 1.29 is 14.3 Å². The Bertz CT molecular complexity index is 150. The second-order valence-corrected chi connectivity index (χ2v) is 3.46. The SMILES string of the molecule is CCC(=O)COCC1CCOCC1. The van der Waals surface area contributed by atoms with E-state index in [1.54, 1.807) is 0 Å². The van der Waals surface area contributed by atoms with Crippen LogP contribution in [0.15, 0.2) is 0 Å². The van der Waals surface area contributed by atoms with Crippen LogP contribution in [0.2, 0.25) is 0 Å². The normalized spacial score (nSPS) is 18.8. The van der Waals surface area contributed by atoms with E-state index in [0.29, 0.717) is 12.3 Å². The molecule has 0 atom stereocenters. The lowest BCUT2D eigenvalue weighted by molar-refractivity contribution is -0.124. The first-order chi connectivity index (χ1) is 6.33. The second kappa shape index (κ2) is 6.11. The first-order valence-electron chi connectivity index (χ1n) is 5.00. The topological polar surface area (TPSA) is 35.5 Å². The molecule has 1 rings (SSSR count). The van der Waals surface area contributed by atoms with Gasteiger partial charge in [-0.25, -0.2) is 0 Å². The van der Waals surface area contributed by atoms with Crippen LogP contribution in [0.25, 0.3) is 0 Å². The first-order valence-corrected chi connectivity index (χ1v) is 5.00. The van der Waals surface area contributed by atoms with Crippen molar-refractivity contribution in [2.45, 2.75) is 26.2 Å². The molecular formula is C10H18O3. The van der Waals surface area contributed by atoms with Crippen molar-refractivity contribution in [1.82, 2.24) is 0 Å². The summed E-state index contributed by atoms with van der Waals surface area (Å²) in [6.07, 6.45) is 2.72. The fourth-order valence-electron chi connectivity index (χ4n) is 1.35. The Balaban J connectivity index is 2.01. The van der Waals surface area contributed by atoms with Crippen LogP contribution in [0.5, 0.6) is 0 Å². The second-order valence-electron chi connectivity index (χ2n) is 3.46. The summed E-state index contributed by atoms with van der Waals surface area (Å²) < 4.78 is 10.5. The number of Topliss-reactive ketones (excluding diaryl/α,β-unsaturated/α-hetero) is 1. The summed E-state index contributed by atoms with van der Waals surface area (Å²) in [6, 6.07) is 0. The highest BCUT2D eigenvalue weighted by Crippen LogP contribution is 2.14. The Hall–Kier alpha value is -0.410. The lowest BCUT2D eigenvalue weighted by Crippen LogP contribution is -2.21. The summed E-state index contributed by atoms with van der Waals surface area (Å²) in [5.74, 6) is 0.783. The molecule has 3 nitrogen and oxygen atoms in total. The number of rotatable bonds is 5. The van der Waals surface area contributed by atoms with Gasteiger partial charge >= 0.3 is 0 Å². The van der Waals surface area contributed by atoms with Gasteiger partial charge in [0.25, 0.3) is 0 Å². The van der Waals surface area contributed by atoms with Crippen molar-refractivity contribution in [2.24, 2.45) is 5.92 Å². The summed E-state index contributed by atoms with van der Waals surface area (Å²) in [7, 11) is 0. The molecule has 0 unspecified atom stereocenters. The summed E-state index contributed by atoms with van der Waals surface area (Å²) >= 11 is 0. The number of ketones is 1. The van der Waals surface area contributed by atoms with Crippen LogP contribution in [0.4, 0.5) is 0 Å². The van der Waals surface area contributed by atoms with E-state index < -0.39 is 0 Å². The summed E-state index contributed by atoms with van der Waals surface area (Å²) in [5, 5.41) is 0. The Morgan fingerprint density at radius 1 is 1.46 bits per heavy atom. The van der Waals surface area contributed by atoms with Gasteiger partial charge in [-0.05, 0) is 18.8 Å². The van der Waals surface area contributed by atoms with E-state index in [1.165, 1.54) is 0 Å². The van der Waals surface area contributed by atoms with Crippen LogP contribution in [0.1, 0.15) is 26.2 Å². The van der Waals surface area contributed by atoms with Gasteiger partial charge in [-0.3, -0.25) is 4.79 Å². The standard InChI is InChI=1S/C10H18O3/c1-2-10(11)8-13-7-9-3-5-12-6-4-9/h9H,2-8H2,1H3. The molecule has 0 saturated carbocycles. The molecule has 0 aliphatic carbocycles. The minimum absolute atomic E-state index is 0.187. The first kappa shape index (κ1) is 10.7. The molecule has 0 bridgehead atoms. The highest BCUT2D eigenvalue weighted by molar-refractivity contribution is 5.79. The van der Waals surface area contributed by atoms with Crippen molar-refractivity contribution in [1.29, 1.82) is 0 Å². The van der Waals surface area contributed by atoms with Gasteiger partial charge in [0.1, 0.15) is 6.61 Å². The Morgan fingerprint density at radius 3 is 2.77 bits per heavy atom. The van der Waals surface area contributed by atoms with E-state index >= 15 is 0 Å². The van der Waals surface area contributed by atoms with E-state index in [-0.39, 0.29) is 12.4 Å². The zero-order valence-electron chi connectivity index (χ0n) is 8.25. The van der Waals surface area contributed by atoms with Gasteiger partial charge in [-0.1, -0.05) is 6.92 Å². The fourth-order valence-corrected chi connectivity index (χ4v) is 1.35. The molecule has 1 saturated heterocycles. The lowest BCUT2D eigenvalue weighted by Gasteiger charge is -2.21. The van der Waals surface area contributed by atoms with Crippen LogP contribution >= 0.6 is 0 Å². The van der Waals surface area contributed by atoms with Crippen molar-refractivity contribution in [2.75, 3.05) is 26.4 Å². The summed E-state index contributed by atoms with van der Waals surface area (Å²) in [5.41, 5.74) is 0. The molecule has 0 aromatic heterocycles. The molecule has 1 aliphatic rings. The third kappa shape index (κ3) is 4.39. The molecule has 0 radical (unpaired) electrons. The van der Waals surface area contributed by atoms with Crippen molar-refractivity contribution >= 4 is 5.78 Å². The molecule has 0 amide bonds. The molecule has 0 aromatic rings. The quantitative estimate of drug-likeness (QED) is 0.651. The monoisotopic (exact) mass is 186 g/mol. The third-order valence-electron chi connectivity index (χ3n) is 2.35. The van der Waals surface area contributed by atoms with E-state index in [2.05, 4.69) is 0 Å². The minimum Gasteiger partial charge on any atom is -0.381 e. The number of hydrogen-bond acceptors (Lipinski definition) is 3. The van der Waals surface area contributed by atoms with E-state index in [9.17, 15) is 4.79 Å². The molecule has 13 heavy (non-hydrogen) atoms. The molecule has 0 spiro atoms. The molecule has 0 N–H and O–H groups in total. The maximum atomic E-state index is 10.9. The number of hydrogen-bond donors (Lipinski definition) is 0. The smallest absolute Gasteiger partial charge is 0.158 e. The number of carbonyl (C=O) groups is 1. The lowest BCUT2D eigenvalue weighted by atomic mass is 10.0. The molecule has 76 valence electrons. The molecule has 3 heteroatoms. The van der Waals surface area contributed by atoms with E-state index in [0.717, 1.165) is 32.7 Å². The maximum absolute atomic E-state index is 10.9. The average Bonchev–Trinajstić information content (AvgIpc) is 2.19. The maximum Gasteiger partial charge on any atom is 0.158 e. The predicted octanol–water partition coefficient (Wildman–Crippen LogP) is 1.41. The Kier molecular flexibility index (Phi) is 5.01. The number of ether oxygens (including phenoxy) is 2. The van der Waals surface area contributed by atoms with Gasteiger partial charge < -0.3 is 9.47 Å². The van der Waals surface area contributed by atoms with E-state index in [4.69, 9.17) is 9.47 Å². The van der Waals surface area contributed by atoms with Crippen molar-refractivity contribution in [3.63, 3.8) is 0 Å². The van der Waals surface area contributed by atoms with Crippen LogP contribution in [-0.4, -0.2) is 32.2 Å². The molecule has 1 fully saturated rings. The highest BCUT2D eigenvalue weighted by Gasteiger charge is 2.13. The fraction of sp³-hybridized carbons (Fsp3) is 0.900. The van der Waals surface area contributed by atoms with Crippen LogP contribution in [0, 0.1) is 5.92 Å². The Labute approximate surface area is 79.4 Å². The minimum atomic E-state index is 0.187. The van der Waals surface area contributed by atoms with Gasteiger partial charge in [0.2, 0.25) is 0 Å². The molecular weight excluding hydrogens is 168 g/mol. The van der Waals surface area contributed by atoms with E-state index in [1.807, 2.05) is 6.92 Å². The average molecular weight is 186 g/mol. The van der Waals surface area contributed by atoms with Crippen LogP contribution in [-0.2, 0) is 14.3 Å². The van der Waals surface area contributed by atoms with Crippen molar-refractivity contribution in [3.8, 4) is 0 Å². The molecule has 0 aromatic carbocycles. The largest absolute Gasteiger partial charge is 0.381 e. The van der Waals surface area contributed by atoms with Gasteiger partial charge in [0.15, 0.2) is 5.78 Å². The highest BCUT2D eigenvalue weighted by atomic mass is 16.5. The summed E-state index contributed by atoms with van der Waals surface area (Å²) in [6.45, 7) is 4.55. The van der Waals surface area contributed by atoms with Crippen molar-refractivity contribution in [3.05, 3.63) is 0 Å². The zero-order valence-corrected chi connectivity index (χ0v) is 8.25. The van der Waals surface area contributed by atoms with Gasteiger partial charge in [0, 0.05) is 19.6 Å². The Morgan fingerprint density at radius 2 is 2.15 bits per heavy atom. The van der Waals surface area contributed by atoms with Crippen LogP contribution < -0.4 is 0 Å². The third-order valence-corrected chi connectivity index (χ3v) is 2.35. The van der Waals surface area contributed by atoms with Crippen LogP contribution in [0.3, 0.4) is 0 Å². The summed E-state index contributed by atoms with van der Waals surface area (Å²) in [4.78, 5) is 10.9. The number of carbonyl (C=O) groups excluding carboxylic acids is 1. The van der Waals surface area contributed by atoms with Gasteiger partial charge in [-0.2, -0.15) is 0 Å². The zero-order chi connectivity index (χ0) is 9.52. The molecule has 1 heterocycles. The molecule has 1 aliphatic heterocycles.